The van der Waals surface area contributed by atoms with Gasteiger partial charge in [0.15, 0.2) is 12.3 Å². The number of amides is 3. The summed E-state index contributed by atoms with van der Waals surface area (Å²) in [7, 11) is 0. The third kappa shape index (κ3) is 3.55. The molecule has 0 aliphatic carbocycles. The number of carbonyl (C=O) groups excluding carboxylic acids is 3. The lowest BCUT2D eigenvalue weighted by atomic mass is 10.1. The van der Waals surface area contributed by atoms with Crippen LogP contribution in [0.2, 0.25) is 0 Å². The number of ether oxygens (including phenoxy) is 1. The molecule has 146 valence electrons. The molecule has 0 radical (unpaired) electrons. The van der Waals surface area contributed by atoms with Crippen molar-refractivity contribution in [2.24, 2.45) is 0 Å². The second-order valence-corrected chi connectivity index (χ2v) is 6.81. The molecule has 4 rings (SSSR count). The highest BCUT2D eigenvalue weighted by molar-refractivity contribution is 5.99. The van der Waals surface area contributed by atoms with E-state index in [1.807, 2.05) is 0 Å². The Morgan fingerprint density at radius 3 is 2.54 bits per heavy atom. The van der Waals surface area contributed by atoms with Crippen molar-refractivity contribution in [3.8, 4) is 5.75 Å². The van der Waals surface area contributed by atoms with Gasteiger partial charge in [0.1, 0.15) is 11.5 Å². The molecule has 0 saturated carbocycles. The normalized spacial score (nSPS) is 16.7. The van der Waals surface area contributed by atoms with Gasteiger partial charge in [0, 0.05) is 37.8 Å². The molecule has 3 amide bonds. The highest BCUT2D eigenvalue weighted by Gasteiger charge is 2.26. The minimum Gasteiger partial charge on any atom is -0.482 e. The van der Waals surface area contributed by atoms with Gasteiger partial charge in [-0.3, -0.25) is 14.4 Å². The minimum absolute atomic E-state index is 0.0625. The van der Waals surface area contributed by atoms with Gasteiger partial charge in [-0.1, -0.05) is 5.16 Å². The molecule has 1 N–H and O–H groups in total. The number of hydrogen-bond donors (Lipinski definition) is 1. The maximum absolute atomic E-state index is 12.9. The van der Waals surface area contributed by atoms with Crippen molar-refractivity contribution in [2.75, 3.05) is 38.1 Å². The summed E-state index contributed by atoms with van der Waals surface area (Å²) >= 11 is 0. The molecule has 0 spiro atoms. The van der Waals surface area contributed by atoms with Gasteiger partial charge in [-0.15, -0.1) is 0 Å². The van der Waals surface area contributed by atoms with Gasteiger partial charge in [0.05, 0.1) is 5.69 Å². The lowest BCUT2D eigenvalue weighted by Crippen LogP contribution is -2.37. The number of nitrogens with one attached hydrogen (secondary N) is 1. The lowest BCUT2D eigenvalue weighted by molar-refractivity contribution is -0.118. The molecule has 1 aromatic carbocycles. The van der Waals surface area contributed by atoms with Crippen molar-refractivity contribution in [1.82, 2.24) is 15.0 Å². The van der Waals surface area contributed by atoms with Crippen LogP contribution in [0.15, 0.2) is 28.8 Å². The van der Waals surface area contributed by atoms with Gasteiger partial charge < -0.3 is 24.4 Å². The molecule has 1 fully saturated rings. The number of nitrogens with zero attached hydrogens (tertiary/aromatic N) is 3. The second kappa shape index (κ2) is 7.34. The van der Waals surface area contributed by atoms with E-state index in [1.165, 1.54) is 0 Å². The Hall–Kier alpha value is -3.36. The van der Waals surface area contributed by atoms with Crippen LogP contribution in [0.25, 0.3) is 0 Å². The Bertz CT molecular complexity index is 938. The average Bonchev–Trinajstić information content (AvgIpc) is 2.98. The molecular formula is C19H20N4O5. The summed E-state index contributed by atoms with van der Waals surface area (Å²) in [5.74, 6) is 0.532. The fourth-order valence-electron chi connectivity index (χ4n) is 3.34. The summed E-state index contributed by atoms with van der Waals surface area (Å²) in [5.41, 5.74) is 1.33. The Morgan fingerprint density at radius 1 is 1.07 bits per heavy atom. The minimum atomic E-state index is -0.217. The quantitative estimate of drug-likeness (QED) is 0.837. The molecule has 1 saturated heterocycles. The van der Waals surface area contributed by atoms with Crippen molar-refractivity contribution in [2.45, 2.75) is 13.3 Å². The Balaban J connectivity index is 1.43. The van der Waals surface area contributed by atoms with Crippen LogP contribution in [0.5, 0.6) is 5.75 Å². The highest BCUT2D eigenvalue weighted by atomic mass is 16.5. The molecule has 2 aliphatic heterocycles. The van der Waals surface area contributed by atoms with E-state index in [0.717, 1.165) is 0 Å². The van der Waals surface area contributed by atoms with Gasteiger partial charge in [-0.05, 0) is 31.5 Å². The van der Waals surface area contributed by atoms with Crippen LogP contribution in [-0.2, 0) is 4.79 Å². The fourth-order valence-corrected chi connectivity index (χ4v) is 3.34. The number of hydrogen-bond acceptors (Lipinski definition) is 6. The molecule has 0 atom stereocenters. The number of fused-ring (bicyclic) bond motifs is 1. The first-order valence-corrected chi connectivity index (χ1v) is 9.10. The Kier molecular flexibility index (Phi) is 4.72. The predicted octanol–water partition coefficient (Wildman–Crippen LogP) is 1.30. The molecule has 9 heteroatoms. The number of rotatable bonds is 2. The van der Waals surface area contributed by atoms with Crippen LogP contribution in [-0.4, -0.2) is 65.5 Å². The van der Waals surface area contributed by atoms with Crippen LogP contribution in [0.1, 0.15) is 33.0 Å². The number of aromatic nitrogens is 1. The molecule has 2 aromatic rings. The molecule has 2 aliphatic rings. The number of aryl methyl sites for hydroxylation is 1. The largest absolute Gasteiger partial charge is 0.482 e. The third-order valence-corrected chi connectivity index (χ3v) is 4.78. The first-order chi connectivity index (χ1) is 13.5. The molecule has 9 nitrogen and oxygen atoms in total. The molecule has 1 aromatic heterocycles. The maximum Gasteiger partial charge on any atom is 0.276 e. The van der Waals surface area contributed by atoms with Crippen molar-refractivity contribution in [1.29, 1.82) is 0 Å². The van der Waals surface area contributed by atoms with Crippen LogP contribution in [0, 0.1) is 6.92 Å². The van der Waals surface area contributed by atoms with E-state index in [1.54, 1.807) is 41.0 Å². The standard InChI is InChI=1S/C19H20N4O5/c1-12-9-15(21-28-12)19(26)23-6-2-5-22(7-8-23)18(25)13-3-4-14-16(10-13)27-11-17(24)20-14/h3-4,9-10H,2,5-8,11H2,1H3,(H,20,24). The second-order valence-electron chi connectivity index (χ2n) is 6.81. The van der Waals surface area contributed by atoms with E-state index in [9.17, 15) is 14.4 Å². The third-order valence-electron chi connectivity index (χ3n) is 4.78. The molecule has 28 heavy (non-hydrogen) atoms. The fraction of sp³-hybridized carbons (Fsp3) is 0.368. The molecule has 0 unspecified atom stereocenters. The number of carbonyl (C=O) groups is 3. The van der Waals surface area contributed by atoms with Gasteiger partial charge in [0.2, 0.25) is 0 Å². The first-order valence-electron chi connectivity index (χ1n) is 9.10. The topological polar surface area (TPSA) is 105 Å². The molecular weight excluding hydrogens is 364 g/mol. The van der Waals surface area contributed by atoms with Crippen molar-refractivity contribution in [3.63, 3.8) is 0 Å². The maximum atomic E-state index is 12.9. The Labute approximate surface area is 161 Å². The van der Waals surface area contributed by atoms with Crippen LogP contribution < -0.4 is 10.1 Å². The summed E-state index contributed by atoms with van der Waals surface area (Å²) in [6, 6.07) is 6.59. The SMILES string of the molecule is Cc1cc(C(=O)N2CCCN(C(=O)c3ccc4c(c3)OCC(=O)N4)CC2)no1. The van der Waals surface area contributed by atoms with Gasteiger partial charge in [0.25, 0.3) is 17.7 Å². The van der Waals surface area contributed by atoms with E-state index in [0.29, 0.717) is 55.4 Å². The van der Waals surface area contributed by atoms with Gasteiger partial charge in [-0.25, -0.2) is 0 Å². The summed E-state index contributed by atoms with van der Waals surface area (Å²) in [5, 5.41) is 6.48. The van der Waals surface area contributed by atoms with Crippen molar-refractivity contribution in [3.05, 3.63) is 41.3 Å². The predicted molar refractivity (Wildman–Crippen MR) is 98.2 cm³/mol. The number of anilines is 1. The van der Waals surface area contributed by atoms with Crippen LogP contribution in [0.3, 0.4) is 0 Å². The first kappa shape index (κ1) is 18.0. The summed E-state index contributed by atoms with van der Waals surface area (Å²) < 4.78 is 10.4. The summed E-state index contributed by atoms with van der Waals surface area (Å²) in [6.45, 7) is 3.63. The molecule has 0 bridgehead atoms. The van der Waals surface area contributed by atoms with Gasteiger partial charge in [-0.2, -0.15) is 0 Å². The Morgan fingerprint density at radius 2 is 1.82 bits per heavy atom. The summed E-state index contributed by atoms with van der Waals surface area (Å²) in [4.78, 5) is 40.2. The zero-order valence-electron chi connectivity index (χ0n) is 15.4. The van der Waals surface area contributed by atoms with E-state index in [4.69, 9.17) is 9.26 Å². The average molecular weight is 384 g/mol. The monoisotopic (exact) mass is 384 g/mol. The van der Waals surface area contributed by atoms with Crippen molar-refractivity contribution >= 4 is 23.4 Å². The zero-order chi connectivity index (χ0) is 19.7. The van der Waals surface area contributed by atoms with E-state index < -0.39 is 0 Å². The summed E-state index contributed by atoms with van der Waals surface area (Å²) in [6.07, 6.45) is 0.672. The van der Waals surface area contributed by atoms with Crippen LogP contribution >= 0.6 is 0 Å². The smallest absolute Gasteiger partial charge is 0.276 e. The zero-order valence-corrected chi connectivity index (χ0v) is 15.4. The van der Waals surface area contributed by atoms with E-state index in [-0.39, 0.29) is 30.0 Å². The lowest BCUT2D eigenvalue weighted by Gasteiger charge is -2.23. The highest BCUT2D eigenvalue weighted by Crippen LogP contribution is 2.29. The van der Waals surface area contributed by atoms with Gasteiger partial charge >= 0.3 is 0 Å². The van der Waals surface area contributed by atoms with E-state index in [2.05, 4.69) is 10.5 Å². The van der Waals surface area contributed by atoms with E-state index >= 15 is 0 Å². The molecule has 3 heterocycles. The van der Waals surface area contributed by atoms with Crippen LogP contribution in [0.4, 0.5) is 5.69 Å². The van der Waals surface area contributed by atoms with Crippen molar-refractivity contribution < 1.29 is 23.6 Å². The number of benzene rings is 1.